The van der Waals surface area contributed by atoms with Crippen molar-refractivity contribution < 1.29 is 14.3 Å². The van der Waals surface area contributed by atoms with E-state index in [1.165, 1.54) is 5.56 Å². The second-order valence-corrected chi connectivity index (χ2v) is 5.18. The molecular formula is C17H22N2O3. The molecule has 0 saturated heterocycles. The number of aromatic amines is 1. The van der Waals surface area contributed by atoms with E-state index in [0.717, 1.165) is 17.8 Å². The molecule has 0 atom stereocenters. The Morgan fingerprint density at radius 2 is 1.86 bits per heavy atom. The van der Waals surface area contributed by atoms with Gasteiger partial charge in [0.2, 0.25) is 0 Å². The van der Waals surface area contributed by atoms with Crippen LogP contribution in [0.15, 0.2) is 24.3 Å². The van der Waals surface area contributed by atoms with Gasteiger partial charge in [-0.1, -0.05) is 0 Å². The topological polar surface area (TPSA) is 63.3 Å². The molecule has 1 amide bonds. The second-order valence-electron chi connectivity index (χ2n) is 5.18. The van der Waals surface area contributed by atoms with Crippen molar-refractivity contribution in [3.63, 3.8) is 0 Å². The van der Waals surface area contributed by atoms with Gasteiger partial charge in [-0.25, -0.2) is 0 Å². The first kappa shape index (κ1) is 15.9. The van der Waals surface area contributed by atoms with Crippen molar-refractivity contribution in [3.05, 3.63) is 46.8 Å². The van der Waals surface area contributed by atoms with Crippen LogP contribution >= 0.6 is 0 Å². The second kappa shape index (κ2) is 7.02. The largest absolute Gasteiger partial charge is 0.493 e. The van der Waals surface area contributed by atoms with Gasteiger partial charge in [0.1, 0.15) is 0 Å². The molecule has 118 valence electrons. The summed E-state index contributed by atoms with van der Waals surface area (Å²) in [5.74, 6) is 1.04. The zero-order valence-corrected chi connectivity index (χ0v) is 13.4. The number of hydrogen-bond donors (Lipinski definition) is 2. The average molecular weight is 302 g/mol. The van der Waals surface area contributed by atoms with Gasteiger partial charge in [0, 0.05) is 23.5 Å². The van der Waals surface area contributed by atoms with Crippen molar-refractivity contribution in [3.8, 4) is 11.5 Å². The van der Waals surface area contributed by atoms with E-state index in [-0.39, 0.29) is 5.91 Å². The van der Waals surface area contributed by atoms with Gasteiger partial charge >= 0.3 is 0 Å². The molecule has 0 aliphatic rings. The average Bonchev–Trinajstić information content (AvgIpc) is 2.84. The number of rotatable bonds is 6. The van der Waals surface area contributed by atoms with Crippen molar-refractivity contribution in [2.24, 2.45) is 0 Å². The number of H-pyrrole nitrogens is 1. The Bertz CT molecular complexity index is 662. The van der Waals surface area contributed by atoms with E-state index in [0.29, 0.717) is 23.6 Å². The highest BCUT2D eigenvalue weighted by molar-refractivity contribution is 5.94. The zero-order valence-electron chi connectivity index (χ0n) is 13.4. The van der Waals surface area contributed by atoms with Crippen molar-refractivity contribution in [1.29, 1.82) is 0 Å². The number of carbonyl (C=O) groups excluding carboxylic acids is 1. The Balaban J connectivity index is 1.96. The molecule has 1 aromatic heterocycles. The normalized spacial score (nSPS) is 10.4. The van der Waals surface area contributed by atoms with Gasteiger partial charge in [-0.05, 0) is 50.1 Å². The summed E-state index contributed by atoms with van der Waals surface area (Å²) in [6.45, 7) is 4.66. The Hall–Kier alpha value is -2.43. The summed E-state index contributed by atoms with van der Waals surface area (Å²) in [6, 6.07) is 7.24. The number of amides is 1. The highest BCUT2D eigenvalue weighted by Gasteiger charge is 2.10. The molecule has 0 radical (unpaired) electrons. The standard InChI is InChI=1S/C17H22N2O3/c1-11-9-13(12(2)19-11)7-8-18-17(20)14-5-6-15(21-3)16(10-14)22-4/h5-6,9-10,19H,7-8H2,1-4H3,(H,18,20). The minimum Gasteiger partial charge on any atom is -0.493 e. The van der Waals surface area contributed by atoms with Crippen LogP contribution in [0.1, 0.15) is 27.3 Å². The predicted octanol–water partition coefficient (Wildman–Crippen LogP) is 2.62. The molecular weight excluding hydrogens is 280 g/mol. The van der Waals surface area contributed by atoms with E-state index in [4.69, 9.17) is 9.47 Å². The number of methoxy groups -OCH3 is 2. The summed E-state index contributed by atoms with van der Waals surface area (Å²) >= 11 is 0. The fourth-order valence-corrected chi connectivity index (χ4v) is 2.43. The Kier molecular flexibility index (Phi) is 5.09. The molecule has 2 rings (SSSR count). The number of carbonyl (C=O) groups is 1. The highest BCUT2D eigenvalue weighted by Crippen LogP contribution is 2.27. The lowest BCUT2D eigenvalue weighted by Crippen LogP contribution is -2.25. The van der Waals surface area contributed by atoms with Gasteiger partial charge in [-0.15, -0.1) is 0 Å². The molecule has 2 aromatic rings. The molecule has 0 saturated carbocycles. The summed E-state index contributed by atoms with van der Waals surface area (Å²) in [5, 5.41) is 2.92. The van der Waals surface area contributed by atoms with Crippen LogP contribution in [0.4, 0.5) is 0 Å². The van der Waals surface area contributed by atoms with E-state index in [2.05, 4.69) is 16.4 Å². The minimum atomic E-state index is -0.120. The van der Waals surface area contributed by atoms with E-state index in [9.17, 15) is 4.79 Å². The van der Waals surface area contributed by atoms with E-state index in [1.54, 1.807) is 32.4 Å². The number of ether oxygens (including phenoxy) is 2. The van der Waals surface area contributed by atoms with Crippen LogP contribution < -0.4 is 14.8 Å². The quantitative estimate of drug-likeness (QED) is 0.862. The predicted molar refractivity (Wildman–Crippen MR) is 85.8 cm³/mol. The summed E-state index contributed by atoms with van der Waals surface area (Å²) in [6.07, 6.45) is 0.801. The number of aromatic nitrogens is 1. The molecule has 5 nitrogen and oxygen atoms in total. The van der Waals surface area contributed by atoms with Crippen LogP contribution in [0.2, 0.25) is 0 Å². The lowest BCUT2D eigenvalue weighted by atomic mass is 10.1. The third kappa shape index (κ3) is 3.61. The maximum Gasteiger partial charge on any atom is 0.251 e. The van der Waals surface area contributed by atoms with Gasteiger partial charge in [0.05, 0.1) is 14.2 Å². The molecule has 0 spiro atoms. The number of hydrogen-bond acceptors (Lipinski definition) is 3. The maximum absolute atomic E-state index is 12.2. The smallest absolute Gasteiger partial charge is 0.251 e. The number of benzene rings is 1. The van der Waals surface area contributed by atoms with Crippen LogP contribution in [0.3, 0.4) is 0 Å². The lowest BCUT2D eigenvalue weighted by molar-refractivity contribution is 0.0953. The fourth-order valence-electron chi connectivity index (χ4n) is 2.43. The van der Waals surface area contributed by atoms with Gasteiger partial charge in [-0.3, -0.25) is 4.79 Å². The maximum atomic E-state index is 12.2. The summed E-state index contributed by atoms with van der Waals surface area (Å²) < 4.78 is 10.4. The number of aryl methyl sites for hydroxylation is 2. The molecule has 0 aliphatic heterocycles. The van der Waals surface area contributed by atoms with Crippen LogP contribution in [-0.2, 0) is 6.42 Å². The fraction of sp³-hybridized carbons (Fsp3) is 0.353. The summed E-state index contributed by atoms with van der Waals surface area (Å²) in [7, 11) is 3.12. The Morgan fingerprint density at radius 3 is 2.45 bits per heavy atom. The first-order valence-corrected chi connectivity index (χ1v) is 7.20. The molecule has 0 fully saturated rings. The van der Waals surface area contributed by atoms with Gasteiger partial charge in [-0.2, -0.15) is 0 Å². The molecule has 0 bridgehead atoms. The van der Waals surface area contributed by atoms with Crippen molar-refractivity contribution in [2.75, 3.05) is 20.8 Å². The minimum absolute atomic E-state index is 0.120. The van der Waals surface area contributed by atoms with Gasteiger partial charge < -0.3 is 19.8 Å². The van der Waals surface area contributed by atoms with Crippen LogP contribution in [-0.4, -0.2) is 31.7 Å². The van der Waals surface area contributed by atoms with Crippen molar-refractivity contribution in [2.45, 2.75) is 20.3 Å². The molecule has 5 heteroatoms. The molecule has 1 heterocycles. The van der Waals surface area contributed by atoms with Crippen molar-refractivity contribution >= 4 is 5.91 Å². The molecule has 0 aliphatic carbocycles. The van der Waals surface area contributed by atoms with Crippen LogP contribution in [0.5, 0.6) is 11.5 Å². The Morgan fingerprint density at radius 1 is 1.14 bits per heavy atom. The summed E-state index contributed by atoms with van der Waals surface area (Å²) in [5.41, 5.74) is 4.07. The summed E-state index contributed by atoms with van der Waals surface area (Å²) in [4.78, 5) is 15.4. The molecule has 2 N–H and O–H groups in total. The van der Waals surface area contributed by atoms with E-state index < -0.39 is 0 Å². The van der Waals surface area contributed by atoms with E-state index in [1.807, 2.05) is 13.8 Å². The molecule has 22 heavy (non-hydrogen) atoms. The van der Waals surface area contributed by atoms with E-state index >= 15 is 0 Å². The van der Waals surface area contributed by atoms with Gasteiger partial charge in [0.25, 0.3) is 5.91 Å². The first-order valence-electron chi connectivity index (χ1n) is 7.20. The zero-order chi connectivity index (χ0) is 16.1. The SMILES string of the molecule is COc1ccc(C(=O)NCCc2cc(C)[nH]c2C)cc1OC. The van der Waals surface area contributed by atoms with Crippen LogP contribution in [0, 0.1) is 13.8 Å². The first-order chi connectivity index (χ1) is 10.5. The van der Waals surface area contributed by atoms with Gasteiger partial charge in [0.15, 0.2) is 11.5 Å². The third-order valence-corrected chi connectivity index (χ3v) is 3.58. The highest BCUT2D eigenvalue weighted by atomic mass is 16.5. The number of nitrogens with one attached hydrogen (secondary N) is 2. The Labute approximate surface area is 130 Å². The monoisotopic (exact) mass is 302 g/mol. The van der Waals surface area contributed by atoms with Crippen LogP contribution in [0.25, 0.3) is 0 Å². The molecule has 0 unspecified atom stereocenters. The lowest BCUT2D eigenvalue weighted by Gasteiger charge is -2.10. The molecule has 1 aromatic carbocycles. The van der Waals surface area contributed by atoms with Crippen molar-refractivity contribution in [1.82, 2.24) is 10.3 Å². The third-order valence-electron chi connectivity index (χ3n) is 3.58.